The van der Waals surface area contributed by atoms with Crippen LogP contribution >= 0.6 is 22.9 Å². The van der Waals surface area contributed by atoms with Gasteiger partial charge in [0.2, 0.25) is 5.91 Å². The highest BCUT2D eigenvalue weighted by molar-refractivity contribution is 7.08. The lowest BCUT2D eigenvalue weighted by atomic mass is 10.3. The normalized spacial score (nSPS) is 10.6. The summed E-state index contributed by atoms with van der Waals surface area (Å²) in [6.07, 6.45) is 3.25. The first-order valence-electron chi connectivity index (χ1n) is 5.54. The van der Waals surface area contributed by atoms with Crippen molar-refractivity contribution in [3.63, 3.8) is 0 Å². The molecule has 0 saturated heterocycles. The lowest BCUT2D eigenvalue weighted by molar-refractivity contribution is -0.111. The van der Waals surface area contributed by atoms with Gasteiger partial charge in [0.25, 0.3) is 0 Å². The Bertz CT molecular complexity index is 593. The molecule has 1 aromatic carbocycles. The number of anilines is 1. The molecular weight excluding hydrogens is 282 g/mol. The molecule has 0 unspecified atom stereocenters. The maximum atomic E-state index is 11.7. The van der Waals surface area contributed by atoms with Gasteiger partial charge in [0, 0.05) is 11.8 Å². The molecular formula is C14H12ClNO2S. The Balaban J connectivity index is 2.01. The van der Waals surface area contributed by atoms with Crippen LogP contribution in [-0.4, -0.2) is 13.0 Å². The lowest BCUT2D eigenvalue weighted by Crippen LogP contribution is -2.07. The molecule has 0 fully saturated rings. The second-order valence-corrected chi connectivity index (χ2v) is 4.92. The van der Waals surface area contributed by atoms with E-state index < -0.39 is 0 Å². The van der Waals surface area contributed by atoms with Gasteiger partial charge in [-0.2, -0.15) is 11.3 Å². The smallest absolute Gasteiger partial charge is 0.248 e. The molecule has 0 saturated carbocycles. The highest BCUT2D eigenvalue weighted by Gasteiger charge is 2.03. The maximum absolute atomic E-state index is 11.7. The minimum Gasteiger partial charge on any atom is -0.495 e. The summed E-state index contributed by atoms with van der Waals surface area (Å²) < 4.78 is 5.04. The van der Waals surface area contributed by atoms with E-state index in [1.807, 2.05) is 16.8 Å². The zero-order valence-electron chi connectivity index (χ0n) is 10.2. The van der Waals surface area contributed by atoms with E-state index in [0.29, 0.717) is 16.5 Å². The maximum Gasteiger partial charge on any atom is 0.248 e. The Morgan fingerprint density at radius 3 is 2.89 bits per heavy atom. The molecule has 0 aliphatic carbocycles. The van der Waals surface area contributed by atoms with Crippen LogP contribution in [0.5, 0.6) is 5.75 Å². The fourth-order valence-corrected chi connectivity index (χ4v) is 2.36. The van der Waals surface area contributed by atoms with Gasteiger partial charge in [-0.15, -0.1) is 0 Å². The number of rotatable bonds is 4. The number of ether oxygens (including phenoxy) is 1. The van der Waals surface area contributed by atoms with Crippen LogP contribution in [0.4, 0.5) is 5.69 Å². The summed E-state index contributed by atoms with van der Waals surface area (Å²) >= 11 is 7.57. The largest absolute Gasteiger partial charge is 0.495 e. The van der Waals surface area contributed by atoms with E-state index in [0.717, 1.165) is 5.56 Å². The van der Waals surface area contributed by atoms with Crippen molar-refractivity contribution in [2.24, 2.45) is 0 Å². The third-order valence-electron chi connectivity index (χ3n) is 2.39. The van der Waals surface area contributed by atoms with Crippen molar-refractivity contribution < 1.29 is 9.53 Å². The highest BCUT2D eigenvalue weighted by atomic mass is 35.5. The number of carbonyl (C=O) groups is 1. The minimum atomic E-state index is -0.201. The second kappa shape index (κ2) is 6.41. The van der Waals surface area contributed by atoms with Gasteiger partial charge in [0.15, 0.2) is 0 Å². The molecule has 2 aromatic rings. The van der Waals surface area contributed by atoms with Crippen molar-refractivity contribution in [2.75, 3.05) is 12.4 Å². The van der Waals surface area contributed by atoms with E-state index in [4.69, 9.17) is 16.3 Å². The Kier molecular flexibility index (Phi) is 4.60. The predicted molar refractivity (Wildman–Crippen MR) is 80.0 cm³/mol. The van der Waals surface area contributed by atoms with E-state index in [1.54, 1.807) is 42.7 Å². The summed E-state index contributed by atoms with van der Waals surface area (Å²) in [6.45, 7) is 0. The number of benzene rings is 1. The van der Waals surface area contributed by atoms with E-state index in [-0.39, 0.29) is 5.91 Å². The summed E-state index contributed by atoms with van der Waals surface area (Å²) in [7, 11) is 1.54. The summed E-state index contributed by atoms with van der Waals surface area (Å²) in [5, 5.41) is 7.12. The molecule has 0 aliphatic rings. The molecule has 1 aromatic heterocycles. The molecule has 1 heterocycles. The predicted octanol–water partition coefficient (Wildman–Crippen LogP) is 4.06. The van der Waals surface area contributed by atoms with Crippen LogP contribution in [0.1, 0.15) is 5.56 Å². The van der Waals surface area contributed by atoms with Crippen molar-refractivity contribution >= 4 is 40.6 Å². The highest BCUT2D eigenvalue weighted by Crippen LogP contribution is 2.27. The van der Waals surface area contributed by atoms with Crippen LogP contribution in [0.2, 0.25) is 5.02 Å². The van der Waals surface area contributed by atoms with Crippen LogP contribution < -0.4 is 10.1 Å². The monoisotopic (exact) mass is 293 g/mol. The second-order valence-electron chi connectivity index (χ2n) is 3.73. The minimum absolute atomic E-state index is 0.201. The number of nitrogens with one attached hydrogen (secondary N) is 1. The first-order valence-corrected chi connectivity index (χ1v) is 6.86. The van der Waals surface area contributed by atoms with Crippen LogP contribution in [0.3, 0.4) is 0 Å². The summed E-state index contributed by atoms with van der Waals surface area (Å²) in [4.78, 5) is 11.7. The molecule has 0 atom stereocenters. The molecule has 2 rings (SSSR count). The van der Waals surface area contributed by atoms with Crippen molar-refractivity contribution in [1.29, 1.82) is 0 Å². The summed E-state index contributed by atoms with van der Waals surface area (Å²) in [5.74, 6) is 0.376. The van der Waals surface area contributed by atoms with Gasteiger partial charge in [0.1, 0.15) is 5.75 Å². The zero-order valence-corrected chi connectivity index (χ0v) is 11.8. The van der Waals surface area contributed by atoms with Crippen LogP contribution in [0.15, 0.2) is 41.1 Å². The number of thiophene rings is 1. The lowest BCUT2D eigenvalue weighted by Gasteiger charge is -2.06. The van der Waals surface area contributed by atoms with E-state index in [1.165, 1.54) is 6.08 Å². The van der Waals surface area contributed by atoms with E-state index in [2.05, 4.69) is 5.32 Å². The quantitative estimate of drug-likeness (QED) is 0.863. The van der Waals surface area contributed by atoms with E-state index >= 15 is 0 Å². The Hall–Kier alpha value is -1.78. The molecule has 3 nitrogen and oxygen atoms in total. The number of hydrogen-bond donors (Lipinski definition) is 1. The third kappa shape index (κ3) is 3.84. The average molecular weight is 294 g/mol. The number of carbonyl (C=O) groups excluding carboxylic acids is 1. The van der Waals surface area contributed by atoms with E-state index in [9.17, 15) is 4.79 Å². The number of halogens is 1. The van der Waals surface area contributed by atoms with Crippen molar-refractivity contribution in [2.45, 2.75) is 0 Å². The first-order chi connectivity index (χ1) is 9.19. The molecule has 1 amide bonds. The number of hydrogen-bond acceptors (Lipinski definition) is 3. The van der Waals surface area contributed by atoms with Gasteiger partial charge >= 0.3 is 0 Å². The molecule has 0 radical (unpaired) electrons. The average Bonchev–Trinajstić information content (AvgIpc) is 2.90. The molecule has 0 spiro atoms. The molecule has 0 aliphatic heterocycles. The summed E-state index contributed by atoms with van der Waals surface area (Å²) in [6, 6.07) is 7.04. The third-order valence-corrected chi connectivity index (χ3v) is 3.39. The van der Waals surface area contributed by atoms with Crippen molar-refractivity contribution in [3.05, 3.63) is 51.7 Å². The Morgan fingerprint density at radius 1 is 1.42 bits per heavy atom. The van der Waals surface area contributed by atoms with Gasteiger partial charge in [0.05, 0.1) is 12.1 Å². The molecule has 5 heteroatoms. The Labute approximate surface area is 120 Å². The molecule has 0 bridgehead atoms. The SMILES string of the molecule is COc1ccc(NC(=O)/C=C/c2ccsc2)cc1Cl. The van der Waals surface area contributed by atoms with Crippen molar-refractivity contribution in [3.8, 4) is 5.75 Å². The van der Waals surface area contributed by atoms with Crippen LogP contribution in [0.25, 0.3) is 6.08 Å². The van der Waals surface area contributed by atoms with Gasteiger partial charge < -0.3 is 10.1 Å². The molecule has 98 valence electrons. The van der Waals surface area contributed by atoms with Gasteiger partial charge in [-0.25, -0.2) is 0 Å². The fourth-order valence-electron chi connectivity index (χ4n) is 1.47. The topological polar surface area (TPSA) is 38.3 Å². The first kappa shape index (κ1) is 13.6. The molecule has 1 N–H and O–H groups in total. The summed E-state index contributed by atoms with van der Waals surface area (Å²) in [5.41, 5.74) is 1.64. The van der Waals surface area contributed by atoms with Gasteiger partial charge in [-0.05, 0) is 46.7 Å². The standard InChI is InChI=1S/C14H12ClNO2S/c1-18-13-4-3-11(8-12(13)15)16-14(17)5-2-10-6-7-19-9-10/h2-9H,1H3,(H,16,17)/b5-2+. The van der Waals surface area contributed by atoms with Crippen LogP contribution in [0, 0.1) is 0 Å². The number of amides is 1. The van der Waals surface area contributed by atoms with Crippen LogP contribution in [-0.2, 0) is 4.79 Å². The number of methoxy groups -OCH3 is 1. The molecule has 19 heavy (non-hydrogen) atoms. The fraction of sp³-hybridized carbons (Fsp3) is 0.0714. The van der Waals surface area contributed by atoms with Gasteiger partial charge in [-0.1, -0.05) is 11.6 Å². The van der Waals surface area contributed by atoms with Crippen molar-refractivity contribution in [1.82, 2.24) is 0 Å². The van der Waals surface area contributed by atoms with Gasteiger partial charge in [-0.3, -0.25) is 4.79 Å². The zero-order chi connectivity index (χ0) is 13.7. The Morgan fingerprint density at radius 2 is 2.26 bits per heavy atom.